The molecule has 0 saturated heterocycles. The molecule has 3 aromatic heterocycles. The Labute approximate surface area is 143 Å². The van der Waals surface area contributed by atoms with Crippen molar-refractivity contribution in [2.24, 2.45) is 0 Å². The Morgan fingerprint density at radius 3 is 2.52 bits per heavy atom. The van der Waals surface area contributed by atoms with E-state index in [0.717, 1.165) is 29.2 Å². The molecule has 0 unspecified atom stereocenters. The fourth-order valence-electron chi connectivity index (χ4n) is 2.96. The fourth-order valence-corrected chi connectivity index (χ4v) is 2.96. The van der Waals surface area contributed by atoms with Crippen molar-refractivity contribution in [1.29, 1.82) is 0 Å². The maximum atomic E-state index is 13.8. The number of hydrogen-bond donors (Lipinski definition) is 0. The van der Waals surface area contributed by atoms with E-state index in [2.05, 4.69) is 19.9 Å². The van der Waals surface area contributed by atoms with Crippen LogP contribution in [0.15, 0.2) is 43.1 Å². The second kappa shape index (κ2) is 6.60. The molecule has 126 valence electrons. The van der Waals surface area contributed by atoms with Gasteiger partial charge in [0.15, 0.2) is 5.82 Å². The van der Waals surface area contributed by atoms with Crippen molar-refractivity contribution in [2.45, 2.75) is 19.5 Å². The summed E-state index contributed by atoms with van der Waals surface area (Å²) in [5, 5.41) is 0. The van der Waals surface area contributed by atoms with E-state index in [1.165, 1.54) is 0 Å². The van der Waals surface area contributed by atoms with Crippen molar-refractivity contribution in [3.8, 4) is 11.4 Å². The van der Waals surface area contributed by atoms with Crippen molar-refractivity contribution in [3.05, 3.63) is 71.6 Å². The third kappa shape index (κ3) is 3.23. The molecule has 0 radical (unpaired) electrons. The number of halogens is 2. The Hall–Kier alpha value is -2.80. The van der Waals surface area contributed by atoms with Gasteiger partial charge in [-0.3, -0.25) is 14.9 Å². The summed E-state index contributed by atoms with van der Waals surface area (Å²) in [5.41, 5.74) is 2.93. The highest BCUT2D eigenvalue weighted by molar-refractivity contribution is 5.54. The quantitative estimate of drug-likeness (QED) is 0.734. The second-order valence-corrected chi connectivity index (χ2v) is 5.94. The van der Waals surface area contributed by atoms with Gasteiger partial charge in [-0.2, -0.15) is 0 Å². The molecule has 0 atom stereocenters. The van der Waals surface area contributed by atoms with Gasteiger partial charge in [-0.1, -0.05) is 0 Å². The topological polar surface area (TPSA) is 54.8 Å². The average Bonchev–Trinajstić information content (AvgIpc) is 2.65. The first-order chi connectivity index (χ1) is 12.2. The van der Waals surface area contributed by atoms with Crippen molar-refractivity contribution >= 4 is 0 Å². The molecule has 25 heavy (non-hydrogen) atoms. The highest BCUT2D eigenvalue weighted by Crippen LogP contribution is 2.23. The summed E-state index contributed by atoms with van der Waals surface area (Å²) < 4.78 is 27.6. The van der Waals surface area contributed by atoms with Crippen LogP contribution in [-0.2, 0) is 19.5 Å². The van der Waals surface area contributed by atoms with Gasteiger partial charge in [0.2, 0.25) is 0 Å². The van der Waals surface area contributed by atoms with Crippen LogP contribution in [-0.4, -0.2) is 31.4 Å². The van der Waals surface area contributed by atoms with Crippen molar-refractivity contribution in [2.75, 3.05) is 6.54 Å². The SMILES string of the molecule is Fc1cncc(F)c1CN1CCc2nc(-c3ccncc3)ncc2C1. The van der Waals surface area contributed by atoms with Gasteiger partial charge in [-0.05, 0) is 12.1 Å². The lowest BCUT2D eigenvalue weighted by Crippen LogP contribution is -2.31. The van der Waals surface area contributed by atoms with E-state index in [9.17, 15) is 8.78 Å². The second-order valence-electron chi connectivity index (χ2n) is 5.94. The van der Waals surface area contributed by atoms with Gasteiger partial charge in [-0.25, -0.2) is 18.7 Å². The largest absolute Gasteiger partial charge is 0.294 e. The molecule has 3 aromatic rings. The molecule has 5 nitrogen and oxygen atoms in total. The molecule has 7 heteroatoms. The molecule has 0 bridgehead atoms. The lowest BCUT2D eigenvalue weighted by atomic mass is 10.1. The van der Waals surface area contributed by atoms with Crippen LogP contribution in [0.4, 0.5) is 8.78 Å². The molecule has 4 rings (SSSR count). The average molecular weight is 339 g/mol. The Bertz CT molecular complexity index is 881. The molecule has 1 aliphatic heterocycles. The summed E-state index contributed by atoms with van der Waals surface area (Å²) in [5.74, 6) is -0.564. The summed E-state index contributed by atoms with van der Waals surface area (Å²) in [6, 6.07) is 3.73. The van der Waals surface area contributed by atoms with E-state index in [1.54, 1.807) is 18.6 Å². The van der Waals surface area contributed by atoms with Crippen LogP contribution in [0.1, 0.15) is 16.8 Å². The zero-order valence-corrected chi connectivity index (χ0v) is 13.4. The molecular formula is C18H15F2N5. The zero-order valence-electron chi connectivity index (χ0n) is 13.4. The van der Waals surface area contributed by atoms with Crippen LogP contribution >= 0.6 is 0 Å². The van der Waals surface area contributed by atoms with Crippen LogP contribution in [0, 0.1) is 11.6 Å². The van der Waals surface area contributed by atoms with E-state index in [1.807, 2.05) is 17.0 Å². The predicted molar refractivity (Wildman–Crippen MR) is 87.2 cm³/mol. The first-order valence-corrected chi connectivity index (χ1v) is 7.96. The first-order valence-electron chi connectivity index (χ1n) is 7.96. The van der Waals surface area contributed by atoms with Gasteiger partial charge in [0.25, 0.3) is 0 Å². The van der Waals surface area contributed by atoms with Crippen molar-refractivity contribution in [1.82, 2.24) is 24.8 Å². The molecular weight excluding hydrogens is 324 g/mol. The maximum absolute atomic E-state index is 13.8. The summed E-state index contributed by atoms with van der Waals surface area (Å²) >= 11 is 0. The molecule has 0 fully saturated rings. The van der Waals surface area contributed by atoms with E-state index in [4.69, 9.17) is 0 Å². The van der Waals surface area contributed by atoms with Gasteiger partial charge in [0.1, 0.15) is 11.6 Å². The van der Waals surface area contributed by atoms with Crippen molar-refractivity contribution < 1.29 is 8.78 Å². The highest BCUT2D eigenvalue weighted by atomic mass is 19.1. The lowest BCUT2D eigenvalue weighted by molar-refractivity contribution is 0.235. The van der Waals surface area contributed by atoms with Crippen LogP contribution in [0.5, 0.6) is 0 Å². The number of hydrogen-bond acceptors (Lipinski definition) is 5. The Kier molecular flexibility index (Phi) is 4.15. The van der Waals surface area contributed by atoms with E-state index < -0.39 is 11.6 Å². The number of fused-ring (bicyclic) bond motifs is 1. The molecule has 0 aromatic carbocycles. The van der Waals surface area contributed by atoms with Crippen LogP contribution in [0.25, 0.3) is 11.4 Å². The van der Waals surface area contributed by atoms with E-state index in [-0.39, 0.29) is 12.1 Å². The van der Waals surface area contributed by atoms with Crippen LogP contribution in [0.3, 0.4) is 0 Å². The fraction of sp³-hybridized carbons (Fsp3) is 0.222. The number of rotatable bonds is 3. The molecule has 1 aliphatic rings. The molecule has 4 heterocycles. The predicted octanol–water partition coefficient (Wildman–Crippen LogP) is 2.77. The van der Waals surface area contributed by atoms with E-state index in [0.29, 0.717) is 25.3 Å². The maximum Gasteiger partial charge on any atom is 0.159 e. The Morgan fingerprint density at radius 1 is 1.00 bits per heavy atom. The number of nitrogens with zero attached hydrogens (tertiary/aromatic N) is 5. The molecule has 0 spiro atoms. The van der Waals surface area contributed by atoms with Crippen molar-refractivity contribution in [3.63, 3.8) is 0 Å². The monoisotopic (exact) mass is 339 g/mol. The van der Waals surface area contributed by atoms with E-state index >= 15 is 0 Å². The minimum absolute atomic E-state index is 0.0489. The summed E-state index contributed by atoms with van der Waals surface area (Å²) in [4.78, 5) is 18.6. The zero-order chi connectivity index (χ0) is 17.2. The van der Waals surface area contributed by atoms with Gasteiger partial charge < -0.3 is 0 Å². The molecule has 0 amide bonds. The minimum Gasteiger partial charge on any atom is -0.294 e. The smallest absolute Gasteiger partial charge is 0.159 e. The molecule has 0 saturated carbocycles. The van der Waals surface area contributed by atoms with Crippen LogP contribution < -0.4 is 0 Å². The summed E-state index contributed by atoms with van der Waals surface area (Å²) in [6.45, 7) is 1.44. The minimum atomic E-state index is -0.616. The number of pyridine rings is 2. The Balaban J connectivity index is 1.54. The molecule has 0 aliphatic carbocycles. The third-order valence-electron chi connectivity index (χ3n) is 4.29. The lowest BCUT2D eigenvalue weighted by Gasteiger charge is -2.28. The van der Waals surface area contributed by atoms with Gasteiger partial charge in [-0.15, -0.1) is 0 Å². The van der Waals surface area contributed by atoms with Gasteiger partial charge >= 0.3 is 0 Å². The summed E-state index contributed by atoms with van der Waals surface area (Å²) in [7, 11) is 0. The summed E-state index contributed by atoms with van der Waals surface area (Å²) in [6.07, 6.45) is 8.00. The first kappa shape index (κ1) is 15.7. The van der Waals surface area contributed by atoms with Gasteiger partial charge in [0.05, 0.1) is 18.1 Å². The standard InChI is InChI=1S/C18H15F2N5/c19-15-8-22-9-16(20)14(15)11-25-6-3-17-13(10-25)7-23-18(24-17)12-1-4-21-5-2-12/h1-2,4-5,7-9H,3,6,10-11H2. The third-order valence-corrected chi connectivity index (χ3v) is 4.29. The number of aromatic nitrogens is 4. The normalized spacial score (nSPS) is 14.3. The highest BCUT2D eigenvalue weighted by Gasteiger charge is 2.21. The van der Waals surface area contributed by atoms with Crippen LogP contribution in [0.2, 0.25) is 0 Å². The Morgan fingerprint density at radius 2 is 1.76 bits per heavy atom. The molecule has 0 N–H and O–H groups in total. The van der Waals surface area contributed by atoms with Gasteiger partial charge in [0, 0.05) is 61.3 Å².